The van der Waals surface area contributed by atoms with Crippen molar-refractivity contribution in [3.8, 4) is 11.5 Å². The number of fused-ring (bicyclic) bond motifs is 1. The molecule has 0 spiro atoms. The van der Waals surface area contributed by atoms with Gasteiger partial charge in [0.1, 0.15) is 13.2 Å². The second kappa shape index (κ2) is 5.72. The molecule has 1 aliphatic rings. The molecule has 0 bridgehead atoms. The van der Waals surface area contributed by atoms with E-state index in [1.54, 1.807) is 12.1 Å². The van der Waals surface area contributed by atoms with Crippen molar-refractivity contribution < 1.29 is 24.2 Å². The van der Waals surface area contributed by atoms with Crippen LogP contribution in [0.1, 0.15) is 5.56 Å². The molecule has 1 aromatic carbocycles. The molecule has 0 saturated carbocycles. The summed E-state index contributed by atoms with van der Waals surface area (Å²) < 4.78 is 11.6. The average Bonchev–Trinajstić information content (AvgIpc) is 2.35. The van der Waals surface area contributed by atoms with Gasteiger partial charge < -0.3 is 19.4 Å². The quantitative estimate of drug-likeness (QED) is 0.675. The Morgan fingerprint density at radius 1 is 1.50 bits per heavy atom. The van der Waals surface area contributed by atoms with Gasteiger partial charge in [-0.1, -0.05) is 5.16 Å². The molecular formula is C11H10BrNO5. The monoisotopic (exact) mass is 315 g/mol. The van der Waals surface area contributed by atoms with E-state index in [0.29, 0.717) is 24.7 Å². The summed E-state index contributed by atoms with van der Waals surface area (Å²) in [5.41, 5.74) is 0.719. The van der Waals surface area contributed by atoms with Crippen LogP contribution >= 0.6 is 15.9 Å². The molecule has 0 aliphatic carbocycles. The number of carbonyl (C=O) groups is 1. The van der Waals surface area contributed by atoms with E-state index in [0.717, 1.165) is 10.0 Å². The van der Waals surface area contributed by atoms with Crippen molar-refractivity contribution in [1.29, 1.82) is 0 Å². The van der Waals surface area contributed by atoms with Gasteiger partial charge >= 0.3 is 5.97 Å². The van der Waals surface area contributed by atoms with Crippen LogP contribution in [0.2, 0.25) is 0 Å². The minimum atomic E-state index is -1.07. The molecule has 0 saturated heterocycles. The lowest BCUT2D eigenvalue weighted by molar-refractivity contribution is -0.142. The van der Waals surface area contributed by atoms with Crippen LogP contribution in [0, 0.1) is 0 Å². The number of halogens is 1. The predicted molar refractivity (Wildman–Crippen MR) is 66.3 cm³/mol. The molecule has 18 heavy (non-hydrogen) atoms. The van der Waals surface area contributed by atoms with Gasteiger partial charge in [0.2, 0.25) is 6.61 Å². The van der Waals surface area contributed by atoms with Gasteiger partial charge in [0.05, 0.1) is 10.7 Å². The number of hydrogen-bond donors (Lipinski definition) is 1. The van der Waals surface area contributed by atoms with Crippen LogP contribution in [0.3, 0.4) is 0 Å². The highest BCUT2D eigenvalue weighted by Crippen LogP contribution is 2.38. The second-order valence-electron chi connectivity index (χ2n) is 3.43. The third-order valence-electron chi connectivity index (χ3n) is 2.08. The van der Waals surface area contributed by atoms with Crippen molar-refractivity contribution in [2.75, 3.05) is 19.8 Å². The zero-order valence-electron chi connectivity index (χ0n) is 9.26. The lowest BCUT2D eigenvalue weighted by atomic mass is 10.2. The fourth-order valence-electron chi connectivity index (χ4n) is 1.40. The standard InChI is InChI=1S/C11H10BrNO5/c12-8-3-7(5-13-18-6-10(14)15)4-9-11(8)17-2-1-16-9/h3-5H,1-2,6H2,(H,14,15). The SMILES string of the molecule is O=C(O)CON=Cc1cc(Br)c2c(c1)OCCO2. The van der Waals surface area contributed by atoms with Crippen molar-refractivity contribution in [2.24, 2.45) is 5.16 Å². The molecule has 0 fully saturated rings. The fourth-order valence-corrected chi connectivity index (χ4v) is 1.97. The minimum Gasteiger partial charge on any atom is -0.486 e. The van der Waals surface area contributed by atoms with Crippen LogP contribution in [0.4, 0.5) is 0 Å². The molecule has 1 heterocycles. The maximum absolute atomic E-state index is 10.2. The van der Waals surface area contributed by atoms with E-state index in [2.05, 4.69) is 25.9 Å². The van der Waals surface area contributed by atoms with Gasteiger partial charge in [-0.05, 0) is 28.1 Å². The van der Waals surface area contributed by atoms with Crippen molar-refractivity contribution in [1.82, 2.24) is 0 Å². The normalized spacial score (nSPS) is 13.6. The lowest BCUT2D eigenvalue weighted by Gasteiger charge is -2.19. The molecular weight excluding hydrogens is 306 g/mol. The minimum absolute atomic E-state index is 0.470. The van der Waals surface area contributed by atoms with Crippen LogP contribution in [-0.2, 0) is 9.63 Å². The molecule has 0 radical (unpaired) electrons. The van der Waals surface area contributed by atoms with E-state index in [4.69, 9.17) is 14.6 Å². The Morgan fingerprint density at radius 2 is 2.28 bits per heavy atom. The first-order valence-electron chi connectivity index (χ1n) is 5.13. The van der Waals surface area contributed by atoms with E-state index < -0.39 is 12.6 Å². The molecule has 1 aromatic rings. The molecule has 7 heteroatoms. The van der Waals surface area contributed by atoms with Gasteiger partial charge in [-0.3, -0.25) is 0 Å². The zero-order valence-corrected chi connectivity index (χ0v) is 10.8. The van der Waals surface area contributed by atoms with E-state index >= 15 is 0 Å². The van der Waals surface area contributed by atoms with Crippen LogP contribution in [-0.4, -0.2) is 37.1 Å². The number of benzene rings is 1. The van der Waals surface area contributed by atoms with Crippen molar-refractivity contribution in [2.45, 2.75) is 0 Å². The molecule has 0 aromatic heterocycles. The maximum atomic E-state index is 10.2. The van der Waals surface area contributed by atoms with E-state index in [9.17, 15) is 4.79 Å². The van der Waals surface area contributed by atoms with Gasteiger partial charge in [0, 0.05) is 5.56 Å². The van der Waals surface area contributed by atoms with Gasteiger partial charge in [-0.15, -0.1) is 0 Å². The second-order valence-corrected chi connectivity index (χ2v) is 4.28. The van der Waals surface area contributed by atoms with E-state index in [1.807, 2.05) is 0 Å². The Hall–Kier alpha value is -1.76. The highest BCUT2D eigenvalue weighted by Gasteiger charge is 2.15. The lowest BCUT2D eigenvalue weighted by Crippen LogP contribution is -2.15. The van der Waals surface area contributed by atoms with Gasteiger partial charge in [-0.2, -0.15) is 0 Å². The molecule has 96 valence electrons. The number of ether oxygens (including phenoxy) is 2. The number of oxime groups is 1. The van der Waals surface area contributed by atoms with Gasteiger partial charge in [-0.25, -0.2) is 4.79 Å². The zero-order chi connectivity index (χ0) is 13.0. The predicted octanol–water partition coefficient (Wildman–Crippen LogP) is 1.66. The smallest absolute Gasteiger partial charge is 0.344 e. The summed E-state index contributed by atoms with van der Waals surface area (Å²) in [5.74, 6) is 0.204. The third kappa shape index (κ3) is 3.13. The maximum Gasteiger partial charge on any atom is 0.344 e. The number of carboxylic acid groups (broad SMARTS) is 1. The largest absolute Gasteiger partial charge is 0.486 e. The average molecular weight is 316 g/mol. The highest BCUT2D eigenvalue weighted by atomic mass is 79.9. The van der Waals surface area contributed by atoms with Crippen LogP contribution < -0.4 is 9.47 Å². The Balaban J connectivity index is 2.09. The summed E-state index contributed by atoms with van der Waals surface area (Å²) in [6.07, 6.45) is 1.41. The molecule has 1 N–H and O–H groups in total. The van der Waals surface area contributed by atoms with Crippen molar-refractivity contribution in [3.63, 3.8) is 0 Å². The Labute approximate surface area is 111 Å². The van der Waals surface area contributed by atoms with Crippen LogP contribution in [0.15, 0.2) is 21.8 Å². The molecule has 0 unspecified atom stereocenters. The molecule has 0 atom stereocenters. The first-order valence-corrected chi connectivity index (χ1v) is 5.92. The van der Waals surface area contributed by atoms with E-state index in [1.165, 1.54) is 6.21 Å². The summed E-state index contributed by atoms with van der Waals surface area (Å²) in [6, 6.07) is 3.52. The number of aliphatic carboxylic acids is 1. The summed E-state index contributed by atoms with van der Waals surface area (Å²) in [6.45, 7) is 0.540. The molecule has 6 nitrogen and oxygen atoms in total. The van der Waals surface area contributed by atoms with Gasteiger partial charge in [0.15, 0.2) is 11.5 Å². The van der Waals surface area contributed by atoms with Gasteiger partial charge in [0.25, 0.3) is 0 Å². The number of carboxylic acids is 1. The van der Waals surface area contributed by atoms with Crippen molar-refractivity contribution >= 4 is 28.1 Å². The van der Waals surface area contributed by atoms with Crippen molar-refractivity contribution in [3.05, 3.63) is 22.2 Å². The third-order valence-corrected chi connectivity index (χ3v) is 2.67. The molecule has 0 amide bonds. The molecule has 2 rings (SSSR count). The molecule has 1 aliphatic heterocycles. The topological polar surface area (TPSA) is 77.4 Å². The first kappa shape index (κ1) is 12.7. The summed E-state index contributed by atoms with van der Waals surface area (Å²) in [5, 5.41) is 11.9. The highest BCUT2D eigenvalue weighted by molar-refractivity contribution is 9.10. The Morgan fingerprint density at radius 3 is 3.06 bits per heavy atom. The summed E-state index contributed by atoms with van der Waals surface area (Å²) in [7, 11) is 0. The van der Waals surface area contributed by atoms with Crippen LogP contribution in [0.25, 0.3) is 0 Å². The number of rotatable bonds is 4. The number of nitrogens with zero attached hydrogens (tertiary/aromatic N) is 1. The first-order chi connectivity index (χ1) is 8.66. The number of hydrogen-bond acceptors (Lipinski definition) is 5. The van der Waals surface area contributed by atoms with Crippen LogP contribution in [0.5, 0.6) is 11.5 Å². The summed E-state index contributed by atoms with van der Waals surface area (Å²) >= 11 is 3.36. The summed E-state index contributed by atoms with van der Waals surface area (Å²) in [4.78, 5) is 14.8. The Bertz CT molecular complexity index is 489. The Kier molecular flexibility index (Phi) is 4.03. The fraction of sp³-hybridized carbons (Fsp3) is 0.273. The van der Waals surface area contributed by atoms with E-state index in [-0.39, 0.29) is 0 Å².